The fraction of sp³-hybridized carbons (Fsp3) is 0.778. The minimum absolute atomic E-state index is 0.210. The van der Waals surface area contributed by atoms with E-state index in [-0.39, 0.29) is 5.60 Å². The average molecular weight is 318 g/mol. The molecule has 5 heteroatoms. The summed E-state index contributed by atoms with van der Waals surface area (Å²) in [5, 5.41) is 7.89. The summed E-state index contributed by atoms with van der Waals surface area (Å²) in [6.45, 7) is 7.94. The van der Waals surface area contributed by atoms with Crippen LogP contribution in [0.25, 0.3) is 0 Å². The number of morpholine rings is 1. The first-order valence-corrected chi connectivity index (χ1v) is 9.07. The zero-order chi connectivity index (χ0) is 15.7. The molecule has 4 rings (SSSR count). The van der Waals surface area contributed by atoms with E-state index in [2.05, 4.69) is 27.9 Å². The van der Waals surface area contributed by atoms with Gasteiger partial charge in [0.2, 0.25) is 0 Å². The number of piperidine rings is 1. The third-order valence-corrected chi connectivity index (χ3v) is 5.71. The van der Waals surface area contributed by atoms with E-state index in [9.17, 15) is 0 Å². The molecule has 3 heterocycles. The van der Waals surface area contributed by atoms with Gasteiger partial charge in [0.25, 0.3) is 0 Å². The minimum Gasteiger partial charge on any atom is -0.395 e. The second kappa shape index (κ2) is 6.54. The van der Waals surface area contributed by atoms with E-state index < -0.39 is 0 Å². The third kappa shape index (κ3) is 3.47. The molecule has 0 spiro atoms. The minimum atomic E-state index is -0.210. The lowest BCUT2D eigenvalue weighted by molar-refractivity contribution is 0.0379. The van der Waals surface area contributed by atoms with Gasteiger partial charge in [-0.15, -0.1) is 0 Å². The Kier molecular flexibility index (Phi) is 4.43. The molecule has 1 radical (unpaired) electrons. The standard InChI is InChI=1S/C18H28N3O2/c1-14(18-9-17(12-22-18)19-13-18)20-23-11-16(15-5-6-15)10-21-7-3-2-4-8-21/h5-6,16-17,19H,2-4,7-13H2,1H3/b20-14+/t16?,17-,18-/m1/s1. The Bertz CT molecular complexity index is 488. The van der Waals surface area contributed by atoms with Crippen molar-refractivity contribution >= 4 is 5.71 Å². The van der Waals surface area contributed by atoms with Gasteiger partial charge in [0.15, 0.2) is 0 Å². The topological polar surface area (TPSA) is 46.1 Å². The Labute approximate surface area is 139 Å². The van der Waals surface area contributed by atoms with Crippen molar-refractivity contribution in [1.29, 1.82) is 0 Å². The summed E-state index contributed by atoms with van der Waals surface area (Å²) in [5.41, 5.74) is 2.20. The summed E-state index contributed by atoms with van der Waals surface area (Å²) >= 11 is 0. The van der Waals surface area contributed by atoms with Crippen LogP contribution in [0.3, 0.4) is 0 Å². The third-order valence-electron chi connectivity index (χ3n) is 5.71. The number of oxime groups is 1. The van der Waals surface area contributed by atoms with Crippen LogP contribution in [-0.2, 0) is 9.57 Å². The van der Waals surface area contributed by atoms with Crippen LogP contribution in [0, 0.1) is 12.3 Å². The van der Waals surface area contributed by atoms with Crippen LogP contribution in [0.15, 0.2) is 16.8 Å². The van der Waals surface area contributed by atoms with Gasteiger partial charge in [-0.2, -0.15) is 0 Å². The average Bonchev–Trinajstić information content (AvgIpc) is 3.23. The maximum atomic E-state index is 5.94. The van der Waals surface area contributed by atoms with Crippen LogP contribution in [0.4, 0.5) is 0 Å². The molecule has 0 aromatic rings. The molecule has 0 amide bonds. The van der Waals surface area contributed by atoms with Crippen molar-refractivity contribution in [3.8, 4) is 0 Å². The molecule has 5 nitrogen and oxygen atoms in total. The zero-order valence-electron chi connectivity index (χ0n) is 14.1. The Morgan fingerprint density at radius 1 is 1.48 bits per heavy atom. The van der Waals surface area contributed by atoms with E-state index in [1.165, 1.54) is 37.9 Å². The number of rotatable bonds is 7. The molecule has 4 aliphatic rings. The maximum absolute atomic E-state index is 5.94. The zero-order valence-corrected chi connectivity index (χ0v) is 14.1. The fourth-order valence-corrected chi connectivity index (χ4v) is 4.06. The summed E-state index contributed by atoms with van der Waals surface area (Å²) in [5.74, 6) is 0.459. The van der Waals surface area contributed by atoms with Crippen molar-refractivity contribution in [2.45, 2.75) is 44.2 Å². The molecule has 127 valence electrons. The van der Waals surface area contributed by atoms with Gasteiger partial charge in [0.05, 0.1) is 12.3 Å². The van der Waals surface area contributed by atoms with Gasteiger partial charge >= 0.3 is 0 Å². The van der Waals surface area contributed by atoms with E-state index >= 15 is 0 Å². The van der Waals surface area contributed by atoms with Crippen molar-refractivity contribution in [3.63, 3.8) is 0 Å². The van der Waals surface area contributed by atoms with Crippen LogP contribution >= 0.6 is 0 Å². The molecule has 0 aromatic heterocycles. The second-order valence-corrected chi connectivity index (χ2v) is 7.45. The molecular formula is C18H28N3O2. The van der Waals surface area contributed by atoms with Crippen LogP contribution < -0.4 is 5.32 Å². The Morgan fingerprint density at radius 3 is 2.91 bits per heavy atom. The summed E-state index contributed by atoms with van der Waals surface area (Å²) < 4.78 is 5.94. The molecular weight excluding hydrogens is 290 g/mol. The normalized spacial score (nSPS) is 35.3. The molecule has 3 atom stereocenters. The van der Waals surface area contributed by atoms with Gasteiger partial charge in [0, 0.05) is 37.9 Å². The van der Waals surface area contributed by atoms with Crippen molar-refractivity contribution in [2.24, 2.45) is 11.1 Å². The number of fused-ring (bicyclic) bond motifs is 2. The Hall–Kier alpha value is -0.910. The summed E-state index contributed by atoms with van der Waals surface area (Å²) in [7, 11) is 0. The molecule has 3 fully saturated rings. The summed E-state index contributed by atoms with van der Waals surface area (Å²) in [6, 6.07) is 0.498. The van der Waals surface area contributed by atoms with Crippen LogP contribution in [0.2, 0.25) is 0 Å². The Morgan fingerprint density at radius 2 is 2.30 bits per heavy atom. The number of hydrogen-bond acceptors (Lipinski definition) is 5. The van der Waals surface area contributed by atoms with Gasteiger partial charge in [-0.05, 0) is 32.9 Å². The molecule has 0 saturated carbocycles. The molecule has 1 N–H and O–H groups in total. The number of ether oxygens (including phenoxy) is 1. The lowest BCUT2D eigenvalue weighted by atomic mass is 9.98. The smallest absolute Gasteiger partial charge is 0.124 e. The summed E-state index contributed by atoms with van der Waals surface area (Å²) in [4.78, 5) is 8.33. The van der Waals surface area contributed by atoms with Crippen LogP contribution in [0.1, 0.15) is 32.6 Å². The van der Waals surface area contributed by atoms with Gasteiger partial charge in [-0.25, -0.2) is 0 Å². The molecule has 2 bridgehead atoms. The number of likely N-dealkylation sites (tertiary alicyclic amines) is 1. The molecule has 23 heavy (non-hydrogen) atoms. The largest absolute Gasteiger partial charge is 0.395 e. The summed E-state index contributed by atoms with van der Waals surface area (Å²) in [6.07, 6.45) is 9.50. The highest BCUT2D eigenvalue weighted by molar-refractivity contribution is 5.91. The van der Waals surface area contributed by atoms with Crippen molar-refractivity contribution in [3.05, 3.63) is 18.1 Å². The quantitative estimate of drug-likeness (QED) is 0.574. The van der Waals surface area contributed by atoms with E-state index in [0.29, 0.717) is 18.6 Å². The van der Waals surface area contributed by atoms with E-state index in [1.54, 1.807) is 0 Å². The van der Waals surface area contributed by atoms with Crippen molar-refractivity contribution in [2.75, 3.05) is 39.4 Å². The monoisotopic (exact) mass is 318 g/mol. The first-order chi connectivity index (χ1) is 11.3. The lowest BCUT2D eigenvalue weighted by Crippen LogP contribution is -2.44. The highest BCUT2D eigenvalue weighted by Gasteiger charge is 2.48. The number of nitrogens with one attached hydrogen (secondary N) is 1. The second-order valence-electron chi connectivity index (χ2n) is 7.45. The van der Waals surface area contributed by atoms with Crippen LogP contribution in [0.5, 0.6) is 0 Å². The first-order valence-electron chi connectivity index (χ1n) is 9.07. The molecule has 0 aromatic carbocycles. The van der Waals surface area contributed by atoms with Gasteiger partial charge in [0.1, 0.15) is 12.2 Å². The predicted octanol–water partition coefficient (Wildman–Crippen LogP) is 1.76. The van der Waals surface area contributed by atoms with Gasteiger partial charge in [-0.1, -0.05) is 23.2 Å². The van der Waals surface area contributed by atoms with Crippen LogP contribution in [-0.4, -0.2) is 61.6 Å². The molecule has 3 aliphatic heterocycles. The lowest BCUT2D eigenvalue weighted by Gasteiger charge is -2.29. The van der Waals surface area contributed by atoms with Crippen molar-refractivity contribution < 1.29 is 9.57 Å². The van der Waals surface area contributed by atoms with Gasteiger partial charge in [-0.3, -0.25) is 0 Å². The fourth-order valence-electron chi connectivity index (χ4n) is 4.06. The number of allylic oxidation sites excluding steroid dienone is 1. The highest BCUT2D eigenvalue weighted by Crippen LogP contribution is 2.33. The number of nitrogens with zero attached hydrogens (tertiary/aromatic N) is 2. The predicted molar refractivity (Wildman–Crippen MR) is 90.3 cm³/mol. The van der Waals surface area contributed by atoms with Crippen molar-refractivity contribution in [1.82, 2.24) is 10.2 Å². The van der Waals surface area contributed by atoms with Gasteiger partial charge < -0.3 is 19.8 Å². The SMILES string of the molecule is C/C(=N\OCC(CN1CCCCC1)C1=C[CH]1)[C@@]12CN[C@@H](CO1)C2. The molecule has 1 unspecified atom stereocenters. The molecule has 1 aliphatic carbocycles. The Balaban J connectivity index is 1.29. The van der Waals surface area contributed by atoms with E-state index in [4.69, 9.17) is 9.57 Å². The van der Waals surface area contributed by atoms with E-state index in [0.717, 1.165) is 31.8 Å². The first kappa shape index (κ1) is 15.6. The number of hydrogen-bond donors (Lipinski definition) is 1. The maximum Gasteiger partial charge on any atom is 0.124 e. The highest BCUT2D eigenvalue weighted by atomic mass is 16.6. The van der Waals surface area contributed by atoms with E-state index in [1.807, 2.05) is 6.92 Å². The molecule has 3 saturated heterocycles.